The maximum atomic E-state index is 13.7. The van der Waals surface area contributed by atoms with Crippen LogP contribution in [0.1, 0.15) is 57.6 Å². The highest BCUT2D eigenvalue weighted by Gasteiger charge is 2.35. The molecule has 15 N–H and O–H groups in total. The number of nitrogens with two attached hydrogens (primary N) is 2. The molecule has 0 saturated heterocycles. The fraction of sp³-hybridized carbons (Fsp3) is 0.442. The number of benzene rings is 2. The number of rotatable bonds is 25. The molecule has 0 aliphatic carbocycles. The number of H-pyrrole nitrogens is 2. The van der Waals surface area contributed by atoms with Gasteiger partial charge in [0.15, 0.2) is 0 Å². The van der Waals surface area contributed by atoms with Gasteiger partial charge in [0.25, 0.3) is 0 Å². The molecule has 7 atom stereocenters. The number of aliphatic hydroxyl groups excluding tert-OH is 1. The molecule has 64 heavy (non-hydrogen) atoms. The SMILES string of the molecule is CC(C)[C@H](NC(=O)[C@H](Cc1c[nH]c2ccccc12)NC(=O)[C@@H](NC(=O)[C@H](CC(=O)O)NC(=O)CNC(=O)[C@H](CCCCN)NC(=O)[C@@H](N)Cc1c[nH]c2ccccc12)[C@@H](C)O)C(=O)O. The molecule has 2 aromatic heterocycles. The Morgan fingerprint density at radius 1 is 0.641 bits per heavy atom. The highest BCUT2D eigenvalue weighted by Crippen LogP contribution is 2.21. The van der Waals surface area contributed by atoms with Crippen LogP contribution in [0.25, 0.3) is 21.8 Å². The summed E-state index contributed by atoms with van der Waals surface area (Å²) in [7, 11) is 0. The van der Waals surface area contributed by atoms with Gasteiger partial charge in [0.2, 0.25) is 35.4 Å². The molecule has 0 saturated carbocycles. The van der Waals surface area contributed by atoms with Crippen LogP contribution in [-0.2, 0) is 51.2 Å². The molecule has 0 radical (unpaired) electrons. The van der Waals surface area contributed by atoms with Crippen molar-refractivity contribution < 1.29 is 53.7 Å². The van der Waals surface area contributed by atoms with Crippen molar-refractivity contribution in [3.63, 3.8) is 0 Å². The van der Waals surface area contributed by atoms with E-state index in [1.165, 1.54) is 0 Å². The Morgan fingerprint density at radius 3 is 1.73 bits per heavy atom. The van der Waals surface area contributed by atoms with E-state index < -0.39 is 109 Å². The van der Waals surface area contributed by atoms with E-state index in [0.717, 1.165) is 28.9 Å². The Labute approximate surface area is 368 Å². The topological polar surface area (TPSA) is 353 Å². The maximum Gasteiger partial charge on any atom is 0.326 e. The van der Waals surface area contributed by atoms with E-state index in [9.17, 15) is 53.7 Å². The van der Waals surface area contributed by atoms with Gasteiger partial charge in [0, 0.05) is 40.6 Å². The summed E-state index contributed by atoms with van der Waals surface area (Å²) >= 11 is 0. The van der Waals surface area contributed by atoms with Crippen molar-refractivity contribution in [3.05, 3.63) is 72.1 Å². The second-order valence-corrected chi connectivity index (χ2v) is 15.9. The quantitative estimate of drug-likeness (QED) is 0.0357. The van der Waals surface area contributed by atoms with Crippen molar-refractivity contribution in [1.82, 2.24) is 41.9 Å². The minimum atomic E-state index is -1.83. The zero-order valence-corrected chi connectivity index (χ0v) is 35.8. The number of aliphatic carboxylic acids is 2. The van der Waals surface area contributed by atoms with Crippen LogP contribution < -0.4 is 43.4 Å². The molecule has 0 aliphatic heterocycles. The van der Waals surface area contributed by atoms with Crippen LogP contribution in [-0.4, -0.2) is 128 Å². The van der Waals surface area contributed by atoms with Gasteiger partial charge in [-0.25, -0.2) is 4.79 Å². The fourth-order valence-electron chi connectivity index (χ4n) is 7.01. The summed E-state index contributed by atoms with van der Waals surface area (Å²) in [5.41, 5.74) is 14.8. The predicted octanol–water partition coefficient (Wildman–Crippen LogP) is -0.973. The first kappa shape index (κ1) is 49.8. The standard InChI is InChI=1S/C43H58N10O11/c1-22(2)36(43(63)64)52-40(60)32(17-25-20-47-30-13-7-5-11-27(25)30)51-42(62)37(23(3)54)53-41(61)33(18-35(56)57)49-34(55)21-48-39(59)31(14-8-9-15-44)50-38(58)28(45)16-24-19-46-29-12-6-4-10-26(24)29/h4-7,10-13,19-20,22-23,28,31-33,36-37,46-47,54H,8-9,14-18,21,44-45H2,1-3H3,(H,48,59)(H,49,55)(H,50,58)(H,51,62)(H,52,60)(H,53,61)(H,56,57)(H,63,64)/t23-,28+,31+,32+,33+,36+,37+/m1/s1. The molecule has 0 spiro atoms. The van der Waals surface area contributed by atoms with Crippen LogP contribution in [0.2, 0.25) is 0 Å². The lowest BCUT2D eigenvalue weighted by atomic mass is 10.0. The lowest BCUT2D eigenvalue weighted by Crippen LogP contribution is -2.61. The summed E-state index contributed by atoms with van der Waals surface area (Å²) in [5, 5.41) is 45.9. The third-order valence-electron chi connectivity index (χ3n) is 10.5. The number of para-hydroxylation sites is 2. The summed E-state index contributed by atoms with van der Waals surface area (Å²) in [6.07, 6.45) is 1.87. The normalized spacial score (nSPS) is 14.6. The van der Waals surface area contributed by atoms with Crippen molar-refractivity contribution in [1.29, 1.82) is 0 Å². The minimum absolute atomic E-state index is 0.144. The van der Waals surface area contributed by atoms with E-state index in [4.69, 9.17) is 11.5 Å². The van der Waals surface area contributed by atoms with E-state index in [2.05, 4.69) is 41.9 Å². The Bertz CT molecular complexity index is 2290. The first-order chi connectivity index (χ1) is 30.4. The molecule has 2 aromatic carbocycles. The number of amides is 6. The van der Waals surface area contributed by atoms with Gasteiger partial charge in [0.05, 0.1) is 25.1 Å². The number of nitrogens with one attached hydrogen (secondary N) is 8. The van der Waals surface area contributed by atoms with Gasteiger partial charge in [-0.15, -0.1) is 0 Å². The monoisotopic (exact) mass is 890 g/mol. The number of fused-ring (bicyclic) bond motifs is 2. The number of aromatic amines is 2. The van der Waals surface area contributed by atoms with Gasteiger partial charge in [-0.1, -0.05) is 50.2 Å². The van der Waals surface area contributed by atoms with Crippen LogP contribution >= 0.6 is 0 Å². The predicted molar refractivity (Wildman–Crippen MR) is 234 cm³/mol. The molecular formula is C43H58N10O11. The second kappa shape index (κ2) is 23.6. The largest absolute Gasteiger partial charge is 0.481 e. The van der Waals surface area contributed by atoms with Crippen LogP contribution in [0.4, 0.5) is 0 Å². The molecule has 4 aromatic rings. The van der Waals surface area contributed by atoms with Gasteiger partial charge in [0.1, 0.15) is 30.2 Å². The van der Waals surface area contributed by atoms with E-state index in [1.54, 1.807) is 50.5 Å². The third-order valence-corrected chi connectivity index (χ3v) is 10.5. The van der Waals surface area contributed by atoms with E-state index in [0.29, 0.717) is 30.3 Å². The van der Waals surface area contributed by atoms with E-state index >= 15 is 0 Å². The molecule has 0 unspecified atom stereocenters. The molecule has 346 valence electrons. The van der Waals surface area contributed by atoms with Gasteiger partial charge < -0.3 is 68.7 Å². The zero-order chi connectivity index (χ0) is 47.1. The number of hydrogen-bond donors (Lipinski definition) is 13. The molecule has 21 heteroatoms. The minimum Gasteiger partial charge on any atom is -0.481 e. The summed E-state index contributed by atoms with van der Waals surface area (Å²) in [6, 6.07) is 6.03. The maximum absolute atomic E-state index is 13.7. The van der Waals surface area contributed by atoms with E-state index in [1.807, 2.05) is 24.3 Å². The molecule has 0 bridgehead atoms. The van der Waals surface area contributed by atoms with Crippen LogP contribution in [0.5, 0.6) is 0 Å². The lowest BCUT2D eigenvalue weighted by molar-refractivity contribution is -0.143. The van der Waals surface area contributed by atoms with E-state index in [-0.39, 0.29) is 19.3 Å². The Hall–Kier alpha value is -6.84. The molecular weight excluding hydrogens is 833 g/mol. The van der Waals surface area contributed by atoms with Crippen LogP contribution in [0, 0.1) is 5.92 Å². The molecule has 0 aliphatic rings. The lowest BCUT2D eigenvalue weighted by Gasteiger charge is -2.27. The average Bonchev–Trinajstić information content (AvgIpc) is 3.85. The number of carboxylic acids is 2. The van der Waals surface area contributed by atoms with Gasteiger partial charge in [-0.05, 0) is 68.3 Å². The summed E-state index contributed by atoms with van der Waals surface area (Å²) < 4.78 is 0. The number of carbonyl (C=O) groups is 8. The molecule has 6 amide bonds. The van der Waals surface area contributed by atoms with Crippen LogP contribution in [0.15, 0.2) is 60.9 Å². The number of hydrogen-bond acceptors (Lipinski definition) is 11. The smallest absolute Gasteiger partial charge is 0.326 e. The van der Waals surface area contributed by atoms with Crippen molar-refractivity contribution in [2.45, 2.75) is 102 Å². The van der Waals surface area contributed by atoms with Gasteiger partial charge in [-0.3, -0.25) is 33.6 Å². The third kappa shape index (κ3) is 14.1. The van der Waals surface area contributed by atoms with Crippen molar-refractivity contribution in [2.24, 2.45) is 17.4 Å². The first-order valence-electron chi connectivity index (χ1n) is 20.9. The molecule has 0 fully saturated rings. The number of carboxylic acid groups (broad SMARTS) is 2. The average molecular weight is 891 g/mol. The highest BCUT2D eigenvalue weighted by molar-refractivity contribution is 5.98. The van der Waals surface area contributed by atoms with Gasteiger partial charge >= 0.3 is 11.9 Å². The Balaban J connectivity index is 1.42. The second-order valence-electron chi connectivity index (χ2n) is 15.9. The van der Waals surface area contributed by atoms with Crippen molar-refractivity contribution in [2.75, 3.05) is 13.1 Å². The molecule has 4 rings (SSSR count). The van der Waals surface area contributed by atoms with Crippen molar-refractivity contribution >= 4 is 69.2 Å². The fourth-order valence-corrected chi connectivity index (χ4v) is 7.01. The van der Waals surface area contributed by atoms with Crippen LogP contribution in [0.3, 0.4) is 0 Å². The zero-order valence-electron chi connectivity index (χ0n) is 35.8. The number of carbonyl (C=O) groups excluding carboxylic acids is 6. The van der Waals surface area contributed by atoms with Gasteiger partial charge in [-0.2, -0.15) is 0 Å². The summed E-state index contributed by atoms with van der Waals surface area (Å²) in [5.74, 6) is -8.94. The Kier molecular flexibility index (Phi) is 18.3. The number of aromatic nitrogens is 2. The molecule has 21 nitrogen and oxygen atoms in total. The van der Waals surface area contributed by atoms with Crippen molar-refractivity contribution in [3.8, 4) is 0 Å². The number of unbranched alkanes of at least 4 members (excludes halogenated alkanes) is 1. The highest BCUT2D eigenvalue weighted by atomic mass is 16.4. The summed E-state index contributed by atoms with van der Waals surface area (Å²) in [6.45, 7) is 3.88. The Morgan fingerprint density at radius 2 is 1.19 bits per heavy atom. The number of aliphatic hydroxyl groups is 1. The first-order valence-corrected chi connectivity index (χ1v) is 20.9. The molecule has 2 heterocycles. The summed E-state index contributed by atoms with van der Waals surface area (Å²) in [4.78, 5) is 110.